The number of nitrogens with zero attached hydrogens (tertiary/aromatic N) is 1. The maximum Gasteiger partial charge on any atom is 0.131 e. The first-order valence-corrected chi connectivity index (χ1v) is 8.71. The fraction of sp³-hybridized carbons (Fsp3) is 0.286. The zero-order chi connectivity index (χ0) is 16.4. The minimum atomic E-state index is 0.343. The molecule has 3 nitrogen and oxygen atoms in total. The third-order valence-corrected chi connectivity index (χ3v) is 4.83. The lowest BCUT2D eigenvalue weighted by molar-refractivity contribution is 0.155. The number of benzene rings is 2. The first-order chi connectivity index (χ1) is 11.8. The number of aromatic nitrogens is 1. The molecule has 1 heterocycles. The van der Waals surface area contributed by atoms with Crippen molar-refractivity contribution in [2.75, 3.05) is 5.73 Å². The fourth-order valence-corrected chi connectivity index (χ4v) is 3.54. The predicted molar refractivity (Wildman–Crippen MR) is 99.1 cm³/mol. The monoisotopic (exact) mass is 318 g/mol. The zero-order valence-corrected chi connectivity index (χ0v) is 13.7. The number of hydrogen-bond donors (Lipinski definition) is 1. The summed E-state index contributed by atoms with van der Waals surface area (Å²) < 4.78 is 6.23. The average Bonchev–Trinajstić information content (AvgIpc) is 2.64. The second-order valence-electron chi connectivity index (χ2n) is 6.51. The highest BCUT2D eigenvalue weighted by molar-refractivity contribution is 6.01. The van der Waals surface area contributed by atoms with Crippen LogP contribution in [0.3, 0.4) is 0 Å². The fourth-order valence-electron chi connectivity index (χ4n) is 3.54. The number of ether oxygens (including phenoxy) is 1. The van der Waals surface area contributed by atoms with Gasteiger partial charge in [0, 0.05) is 17.1 Å². The largest absolute Gasteiger partial charge is 0.490 e. The van der Waals surface area contributed by atoms with Crippen molar-refractivity contribution in [3.8, 4) is 16.9 Å². The van der Waals surface area contributed by atoms with Crippen molar-refractivity contribution in [1.82, 2.24) is 4.98 Å². The van der Waals surface area contributed by atoms with Crippen LogP contribution in [0.15, 0.2) is 54.7 Å². The molecule has 0 amide bonds. The van der Waals surface area contributed by atoms with Gasteiger partial charge in [-0.1, -0.05) is 36.8 Å². The molecule has 1 aliphatic carbocycles. The van der Waals surface area contributed by atoms with E-state index >= 15 is 0 Å². The summed E-state index contributed by atoms with van der Waals surface area (Å²) >= 11 is 0. The lowest BCUT2D eigenvalue weighted by Crippen LogP contribution is -2.19. The highest BCUT2D eigenvalue weighted by atomic mass is 16.5. The molecular weight excluding hydrogens is 296 g/mol. The van der Waals surface area contributed by atoms with Crippen LogP contribution in [0, 0.1) is 0 Å². The van der Waals surface area contributed by atoms with Gasteiger partial charge in [-0.15, -0.1) is 0 Å². The molecule has 24 heavy (non-hydrogen) atoms. The van der Waals surface area contributed by atoms with E-state index in [0.29, 0.717) is 11.9 Å². The molecule has 1 saturated carbocycles. The number of hydrogen-bond acceptors (Lipinski definition) is 3. The van der Waals surface area contributed by atoms with E-state index in [4.69, 9.17) is 10.5 Å². The number of anilines is 1. The molecule has 4 rings (SSSR count). The van der Waals surface area contributed by atoms with E-state index in [1.807, 2.05) is 36.5 Å². The van der Waals surface area contributed by atoms with Crippen LogP contribution in [0.2, 0.25) is 0 Å². The second kappa shape index (κ2) is 6.52. The van der Waals surface area contributed by atoms with E-state index in [2.05, 4.69) is 23.2 Å². The second-order valence-corrected chi connectivity index (χ2v) is 6.51. The SMILES string of the molecule is Nc1ncc(-c2ccccc2)c2cc(OC3CCCCC3)ccc12. The molecule has 122 valence electrons. The summed E-state index contributed by atoms with van der Waals surface area (Å²) in [7, 11) is 0. The van der Waals surface area contributed by atoms with Gasteiger partial charge in [-0.2, -0.15) is 0 Å². The average molecular weight is 318 g/mol. The Bertz CT molecular complexity index is 839. The first-order valence-electron chi connectivity index (χ1n) is 8.71. The molecular formula is C21H22N2O. The van der Waals surface area contributed by atoms with E-state index in [-0.39, 0.29) is 0 Å². The summed E-state index contributed by atoms with van der Waals surface area (Å²) in [6.07, 6.45) is 8.38. The maximum atomic E-state index is 6.23. The molecule has 0 atom stereocenters. The van der Waals surface area contributed by atoms with E-state index < -0.39 is 0 Å². The van der Waals surface area contributed by atoms with Crippen molar-refractivity contribution in [1.29, 1.82) is 0 Å². The van der Waals surface area contributed by atoms with Gasteiger partial charge in [0.05, 0.1) is 6.10 Å². The van der Waals surface area contributed by atoms with E-state index in [1.165, 1.54) is 19.3 Å². The third-order valence-electron chi connectivity index (χ3n) is 4.83. The Kier molecular flexibility index (Phi) is 4.08. The minimum absolute atomic E-state index is 0.343. The highest BCUT2D eigenvalue weighted by Gasteiger charge is 2.16. The molecule has 1 aliphatic rings. The van der Waals surface area contributed by atoms with Gasteiger partial charge in [0.2, 0.25) is 0 Å². The number of nitrogen functional groups attached to an aromatic ring is 1. The molecule has 0 aliphatic heterocycles. The molecule has 2 N–H and O–H groups in total. The topological polar surface area (TPSA) is 48.1 Å². The van der Waals surface area contributed by atoms with Gasteiger partial charge in [0.15, 0.2) is 0 Å². The Morgan fingerprint density at radius 2 is 1.71 bits per heavy atom. The van der Waals surface area contributed by atoms with Gasteiger partial charge < -0.3 is 10.5 Å². The lowest BCUT2D eigenvalue weighted by atomic mass is 9.97. The summed E-state index contributed by atoms with van der Waals surface area (Å²) in [6.45, 7) is 0. The summed E-state index contributed by atoms with van der Waals surface area (Å²) in [6, 6.07) is 16.5. The molecule has 0 bridgehead atoms. The van der Waals surface area contributed by atoms with E-state index in [0.717, 1.165) is 40.5 Å². The normalized spacial score (nSPS) is 15.5. The Labute approximate surface area is 142 Å². The van der Waals surface area contributed by atoms with Gasteiger partial charge in [-0.3, -0.25) is 0 Å². The molecule has 1 fully saturated rings. The van der Waals surface area contributed by atoms with Crippen LogP contribution >= 0.6 is 0 Å². The Morgan fingerprint density at radius 3 is 2.50 bits per heavy atom. The van der Waals surface area contributed by atoms with Crippen LogP contribution in [0.5, 0.6) is 5.75 Å². The van der Waals surface area contributed by atoms with Crippen LogP contribution in [-0.4, -0.2) is 11.1 Å². The molecule has 0 unspecified atom stereocenters. The number of nitrogens with two attached hydrogens (primary N) is 1. The molecule has 0 spiro atoms. The van der Waals surface area contributed by atoms with Crippen molar-refractivity contribution < 1.29 is 4.74 Å². The summed E-state index contributed by atoms with van der Waals surface area (Å²) in [5, 5.41) is 2.08. The number of pyridine rings is 1. The molecule has 0 saturated heterocycles. The number of rotatable bonds is 3. The smallest absolute Gasteiger partial charge is 0.131 e. The predicted octanol–water partition coefficient (Wildman–Crippen LogP) is 5.20. The Hall–Kier alpha value is -2.55. The lowest BCUT2D eigenvalue weighted by Gasteiger charge is -2.23. The number of fused-ring (bicyclic) bond motifs is 1. The van der Waals surface area contributed by atoms with Crippen molar-refractivity contribution in [3.05, 3.63) is 54.7 Å². The maximum absolute atomic E-state index is 6.23. The third kappa shape index (κ3) is 2.94. The van der Waals surface area contributed by atoms with Crippen LogP contribution in [0.25, 0.3) is 21.9 Å². The van der Waals surface area contributed by atoms with Crippen LogP contribution in [-0.2, 0) is 0 Å². The highest BCUT2D eigenvalue weighted by Crippen LogP contribution is 2.34. The zero-order valence-electron chi connectivity index (χ0n) is 13.7. The van der Waals surface area contributed by atoms with Crippen LogP contribution in [0.1, 0.15) is 32.1 Å². The van der Waals surface area contributed by atoms with Crippen LogP contribution < -0.4 is 10.5 Å². The summed E-state index contributed by atoms with van der Waals surface area (Å²) in [5.74, 6) is 1.49. The minimum Gasteiger partial charge on any atom is -0.490 e. The van der Waals surface area contributed by atoms with Crippen molar-refractivity contribution in [3.63, 3.8) is 0 Å². The summed E-state index contributed by atoms with van der Waals surface area (Å²) in [5.41, 5.74) is 8.32. The van der Waals surface area contributed by atoms with Gasteiger partial charge in [-0.25, -0.2) is 4.98 Å². The Morgan fingerprint density at radius 1 is 0.917 bits per heavy atom. The van der Waals surface area contributed by atoms with Crippen LogP contribution in [0.4, 0.5) is 5.82 Å². The first kappa shape index (κ1) is 15.0. The van der Waals surface area contributed by atoms with E-state index in [9.17, 15) is 0 Å². The van der Waals surface area contributed by atoms with Gasteiger partial charge in [0.1, 0.15) is 11.6 Å². The molecule has 0 radical (unpaired) electrons. The molecule has 3 heteroatoms. The molecule has 2 aromatic carbocycles. The quantitative estimate of drug-likeness (QED) is 0.722. The van der Waals surface area contributed by atoms with Gasteiger partial charge >= 0.3 is 0 Å². The van der Waals surface area contributed by atoms with Crippen molar-refractivity contribution >= 4 is 16.6 Å². The van der Waals surface area contributed by atoms with Crippen molar-refractivity contribution in [2.24, 2.45) is 0 Å². The molecule has 1 aromatic heterocycles. The molecule has 3 aromatic rings. The van der Waals surface area contributed by atoms with Crippen molar-refractivity contribution in [2.45, 2.75) is 38.2 Å². The van der Waals surface area contributed by atoms with Gasteiger partial charge in [-0.05, 0) is 54.8 Å². The van der Waals surface area contributed by atoms with E-state index in [1.54, 1.807) is 0 Å². The summed E-state index contributed by atoms with van der Waals surface area (Å²) in [4.78, 5) is 4.37. The van der Waals surface area contributed by atoms with Gasteiger partial charge in [0.25, 0.3) is 0 Å². The Balaban J connectivity index is 1.76. The standard InChI is InChI=1S/C21H22N2O/c22-21-18-12-11-17(24-16-9-5-2-6-10-16)13-19(18)20(14-23-21)15-7-3-1-4-8-15/h1,3-4,7-8,11-14,16H,2,5-6,9-10H2,(H2,22,23).